The molecule has 3 amide bonds. The topological polar surface area (TPSA) is 96.2 Å². The van der Waals surface area contributed by atoms with Crippen LogP contribution in [0.1, 0.15) is 32.1 Å². The maximum Gasteiger partial charge on any atom is 0.315 e. The van der Waals surface area contributed by atoms with Gasteiger partial charge in [-0.15, -0.1) is 0 Å². The SMILES string of the molecule is NCCCNC(=O)CCCCC1SCC2NC(=O)NC21. The van der Waals surface area contributed by atoms with E-state index in [1.165, 1.54) is 0 Å². The highest BCUT2D eigenvalue weighted by atomic mass is 32.2. The average Bonchev–Trinajstić information content (AvgIpc) is 2.95. The van der Waals surface area contributed by atoms with E-state index in [0.717, 1.165) is 31.4 Å². The Bertz CT molecular complexity index is 353. The van der Waals surface area contributed by atoms with Crippen LogP contribution in [0.4, 0.5) is 4.79 Å². The molecule has 0 radical (unpaired) electrons. The molecular weight excluding hydrogens is 276 g/mol. The second-order valence-electron chi connectivity index (χ2n) is 5.36. The molecule has 2 fully saturated rings. The third kappa shape index (κ3) is 4.28. The van der Waals surface area contributed by atoms with Gasteiger partial charge < -0.3 is 21.7 Å². The summed E-state index contributed by atoms with van der Waals surface area (Å²) >= 11 is 1.92. The number of thioether (sulfide) groups is 1. The molecule has 2 saturated heterocycles. The van der Waals surface area contributed by atoms with Gasteiger partial charge in [-0.05, 0) is 25.8 Å². The fraction of sp³-hybridized carbons (Fsp3) is 0.846. The molecule has 0 aromatic carbocycles. The molecule has 0 bridgehead atoms. The molecule has 0 spiro atoms. The summed E-state index contributed by atoms with van der Waals surface area (Å²) in [4.78, 5) is 22.8. The number of hydrogen-bond donors (Lipinski definition) is 4. The molecule has 2 aliphatic heterocycles. The van der Waals surface area contributed by atoms with Crippen LogP contribution in [0.25, 0.3) is 0 Å². The molecule has 3 unspecified atom stereocenters. The number of fused-ring (bicyclic) bond motifs is 1. The Morgan fingerprint density at radius 2 is 2.20 bits per heavy atom. The number of nitrogens with one attached hydrogen (secondary N) is 3. The lowest BCUT2D eigenvalue weighted by molar-refractivity contribution is -0.121. The van der Waals surface area contributed by atoms with E-state index in [-0.39, 0.29) is 24.0 Å². The first-order chi connectivity index (χ1) is 9.70. The maximum atomic E-state index is 11.5. The summed E-state index contributed by atoms with van der Waals surface area (Å²) < 4.78 is 0. The summed E-state index contributed by atoms with van der Waals surface area (Å²) in [6, 6.07) is 0.521. The van der Waals surface area contributed by atoms with Crippen LogP contribution in [0.3, 0.4) is 0 Å². The zero-order valence-electron chi connectivity index (χ0n) is 11.7. The number of nitrogens with two attached hydrogens (primary N) is 1. The number of carbonyl (C=O) groups is 2. The van der Waals surface area contributed by atoms with E-state index >= 15 is 0 Å². The minimum Gasteiger partial charge on any atom is -0.356 e. The molecule has 3 atom stereocenters. The van der Waals surface area contributed by atoms with Crippen molar-refractivity contribution in [1.82, 2.24) is 16.0 Å². The van der Waals surface area contributed by atoms with Gasteiger partial charge in [0, 0.05) is 24.0 Å². The minimum absolute atomic E-state index is 0.0374. The predicted molar refractivity (Wildman–Crippen MR) is 80.6 cm³/mol. The number of hydrogen-bond acceptors (Lipinski definition) is 4. The van der Waals surface area contributed by atoms with Crippen LogP contribution in [-0.4, -0.2) is 48.1 Å². The highest BCUT2D eigenvalue weighted by molar-refractivity contribution is 8.00. The lowest BCUT2D eigenvalue weighted by Gasteiger charge is -2.16. The lowest BCUT2D eigenvalue weighted by Crippen LogP contribution is -2.36. The van der Waals surface area contributed by atoms with Gasteiger partial charge in [0.15, 0.2) is 0 Å². The number of amides is 3. The van der Waals surface area contributed by atoms with Crippen molar-refractivity contribution in [2.45, 2.75) is 49.4 Å². The minimum atomic E-state index is -0.0374. The van der Waals surface area contributed by atoms with Crippen LogP contribution >= 0.6 is 11.8 Å². The Labute approximate surface area is 124 Å². The van der Waals surface area contributed by atoms with Gasteiger partial charge in [0.05, 0.1) is 12.1 Å². The fourth-order valence-electron chi connectivity index (χ4n) is 2.69. The maximum absolute atomic E-state index is 11.5. The smallest absolute Gasteiger partial charge is 0.315 e. The lowest BCUT2D eigenvalue weighted by atomic mass is 10.0. The molecule has 2 aliphatic rings. The Balaban J connectivity index is 1.55. The first kappa shape index (κ1) is 15.4. The van der Waals surface area contributed by atoms with Crippen molar-refractivity contribution in [3.63, 3.8) is 0 Å². The largest absolute Gasteiger partial charge is 0.356 e. The van der Waals surface area contributed by atoms with Crippen molar-refractivity contribution in [2.75, 3.05) is 18.8 Å². The zero-order valence-corrected chi connectivity index (χ0v) is 12.5. The van der Waals surface area contributed by atoms with Crippen molar-refractivity contribution in [3.05, 3.63) is 0 Å². The van der Waals surface area contributed by atoms with Crippen molar-refractivity contribution in [3.8, 4) is 0 Å². The molecule has 20 heavy (non-hydrogen) atoms. The molecule has 114 valence electrons. The van der Waals surface area contributed by atoms with Crippen LogP contribution in [0.15, 0.2) is 0 Å². The molecule has 0 saturated carbocycles. The van der Waals surface area contributed by atoms with E-state index < -0.39 is 0 Å². The standard InChI is InChI=1S/C13H24N4O2S/c14-6-3-7-15-11(18)5-2-1-4-10-12-9(8-20-10)16-13(19)17-12/h9-10,12H,1-8,14H2,(H,15,18)(H2,16,17,19). The second-order valence-corrected chi connectivity index (χ2v) is 6.63. The van der Waals surface area contributed by atoms with Gasteiger partial charge in [-0.1, -0.05) is 6.42 Å². The van der Waals surface area contributed by atoms with E-state index in [9.17, 15) is 9.59 Å². The zero-order chi connectivity index (χ0) is 14.4. The Morgan fingerprint density at radius 1 is 1.35 bits per heavy atom. The normalized spacial score (nSPS) is 27.9. The molecule has 2 heterocycles. The molecule has 5 N–H and O–H groups in total. The third-order valence-corrected chi connectivity index (χ3v) is 5.29. The van der Waals surface area contributed by atoms with E-state index in [4.69, 9.17) is 5.73 Å². The van der Waals surface area contributed by atoms with E-state index in [1.807, 2.05) is 11.8 Å². The average molecular weight is 300 g/mol. The molecule has 2 rings (SSSR count). The Kier molecular flexibility index (Phi) is 5.97. The number of unbranched alkanes of at least 4 members (excludes halogenated alkanes) is 1. The number of carbonyl (C=O) groups excluding carboxylic acids is 2. The molecule has 7 heteroatoms. The summed E-state index contributed by atoms with van der Waals surface area (Å²) in [7, 11) is 0. The summed E-state index contributed by atoms with van der Waals surface area (Å²) in [6.45, 7) is 1.29. The molecule has 0 aromatic rings. The van der Waals surface area contributed by atoms with Gasteiger partial charge in [0.25, 0.3) is 0 Å². The first-order valence-corrected chi connectivity index (χ1v) is 8.41. The van der Waals surface area contributed by atoms with Crippen molar-refractivity contribution >= 4 is 23.7 Å². The van der Waals surface area contributed by atoms with Gasteiger partial charge in [-0.25, -0.2) is 4.79 Å². The van der Waals surface area contributed by atoms with Crippen LogP contribution in [0.5, 0.6) is 0 Å². The van der Waals surface area contributed by atoms with E-state index in [1.54, 1.807) is 0 Å². The third-order valence-electron chi connectivity index (χ3n) is 3.78. The quantitative estimate of drug-likeness (QED) is 0.380. The summed E-state index contributed by atoms with van der Waals surface area (Å²) in [5.41, 5.74) is 5.37. The van der Waals surface area contributed by atoms with Crippen molar-refractivity contribution < 1.29 is 9.59 Å². The molecule has 6 nitrogen and oxygen atoms in total. The van der Waals surface area contributed by atoms with Crippen molar-refractivity contribution in [1.29, 1.82) is 0 Å². The Hall–Kier alpha value is -0.950. The second kappa shape index (κ2) is 7.73. The van der Waals surface area contributed by atoms with Crippen LogP contribution in [0.2, 0.25) is 0 Å². The van der Waals surface area contributed by atoms with Crippen LogP contribution in [0, 0.1) is 0 Å². The molecule has 0 aromatic heterocycles. The highest BCUT2D eigenvalue weighted by Gasteiger charge is 2.42. The monoisotopic (exact) mass is 300 g/mol. The van der Waals surface area contributed by atoms with Gasteiger partial charge in [-0.2, -0.15) is 11.8 Å². The van der Waals surface area contributed by atoms with Crippen LogP contribution < -0.4 is 21.7 Å². The fourth-order valence-corrected chi connectivity index (χ4v) is 4.24. The molecule has 0 aliphatic carbocycles. The van der Waals surface area contributed by atoms with Gasteiger partial charge in [0.2, 0.25) is 5.91 Å². The summed E-state index contributed by atoms with van der Waals surface area (Å²) in [5, 5.41) is 9.27. The summed E-state index contributed by atoms with van der Waals surface area (Å²) in [5.74, 6) is 1.11. The Morgan fingerprint density at radius 3 is 3.00 bits per heavy atom. The first-order valence-electron chi connectivity index (χ1n) is 7.36. The van der Waals surface area contributed by atoms with Crippen LogP contribution in [-0.2, 0) is 4.79 Å². The van der Waals surface area contributed by atoms with Gasteiger partial charge >= 0.3 is 6.03 Å². The number of urea groups is 1. The predicted octanol–water partition coefficient (Wildman–Crippen LogP) is 0.177. The van der Waals surface area contributed by atoms with Crippen molar-refractivity contribution in [2.24, 2.45) is 5.73 Å². The van der Waals surface area contributed by atoms with E-state index in [0.29, 0.717) is 24.8 Å². The number of rotatable bonds is 8. The van der Waals surface area contributed by atoms with Gasteiger partial charge in [0.1, 0.15) is 0 Å². The molecular formula is C13H24N4O2S. The highest BCUT2D eigenvalue weighted by Crippen LogP contribution is 2.33. The summed E-state index contributed by atoms with van der Waals surface area (Å²) in [6.07, 6.45) is 4.41. The van der Waals surface area contributed by atoms with Gasteiger partial charge in [-0.3, -0.25) is 4.79 Å². The van der Waals surface area contributed by atoms with E-state index in [2.05, 4.69) is 16.0 Å².